The second-order valence-corrected chi connectivity index (χ2v) is 7.40. The lowest BCUT2D eigenvalue weighted by atomic mass is 10.1. The van der Waals surface area contributed by atoms with Crippen molar-refractivity contribution in [1.82, 2.24) is 0 Å². The van der Waals surface area contributed by atoms with Crippen LogP contribution in [0.1, 0.15) is 24.5 Å². The predicted octanol–water partition coefficient (Wildman–Crippen LogP) is 4.97. The van der Waals surface area contributed by atoms with Crippen LogP contribution in [0.15, 0.2) is 42.5 Å². The molecule has 2 aromatic carbocycles. The Morgan fingerprint density at radius 3 is 2.76 bits per heavy atom. The maximum absolute atomic E-state index is 13.5. The molecule has 1 N–H and O–H groups in total. The molecule has 1 unspecified atom stereocenters. The van der Waals surface area contributed by atoms with Gasteiger partial charge in [0.2, 0.25) is 5.91 Å². The standard InChI is InChI=1S/C20H24FNO2S/c1-14-9-10-15(2)19(13-14)24-11-6-12-25-16(3)20(23)22-18-8-5-4-7-17(18)21/h4-5,7-10,13,16H,6,11-12H2,1-3H3,(H,22,23). The molecule has 5 heteroatoms. The Hall–Kier alpha value is -2.01. The molecule has 0 bridgehead atoms. The third-order valence-corrected chi connectivity index (χ3v) is 5.00. The Morgan fingerprint density at radius 1 is 1.24 bits per heavy atom. The highest BCUT2D eigenvalue weighted by Crippen LogP contribution is 2.20. The van der Waals surface area contributed by atoms with E-state index in [0.29, 0.717) is 6.61 Å². The molecular formula is C20H24FNO2S. The molecule has 2 rings (SSSR count). The molecule has 0 saturated carbocycles. The first kappa shape index (κ1) is 19.3. The van der Waals surface area contributed by atoms with Crippen LogP contribution < -0.4 is 10.1 Å². The quantitative estimate of drug-likeness (QED) is 0.675. The van der Waals surface area contributed by atoms with Crippen molar-refractivity contribution in [3.8, 4) is 5.75 Å². The van der Waals surface area contributed by atoms with E-state index in [2.05, 4.69) is 17.4 Å². The molecule has 1 amide bonds. The van der Waals surface area contributed by atoms with Crippen LogP contribution in [0.2, 0.25) is 0 Å². The van der Waals surface area contributed by atoms with Gasteiger partial charge in [-0.2, -0.15) is 0 Å². The molecule has 25 heavy (non-hydrogen) atoms. The van der Waals surface area contributed by atoms with Gasteiger partial charge in [-0.15, -0.1) is 11.8 Å². The van der Waals surface area contributed by atoms with E-state index in [-0.39, 0.29) is 16.8 Å². The topological polar surface area (TPSA) is 38.3 Å². The minimum atomic E-state index is -0.421. The number of ether oxygens (including phenoxy) is 1. The van der Waals surface area contributed by atoms with Crippen molar-refractivity contribution < 1.29 is 13.9 Å². The van der Waals surface area contributed by atoms with Crippen LogP contribution in [0, 0.1) is 19.7 Å². The van der Waals surface area contributed by atoms with Gasteiger partial charge in [0.15, 0.2) is 0 Å². The molecule has 3 nitrogen and oxygen atoms in total. The molecule has 0 aliphatic heterocycles. The Bertz CT molecular complexity index is 721. The van der Waals surface area contributed by atoms with E-state index in [0.717, 1.165) is 23.5 Å². The van der Waals surface area contributed by atoms with E-state index in [4.69, 9.17) is 4.74 Å². The van der Waals surface area contributed by atoms with E-state index >= 15 is 0 Å². The number of anilines is 1. The highest BCUT2D eigenvalue weighted by molar-refractivity contribution is 8.00. The summed E-state index contributed by atoms with van der Waals surface area (Å²) in [5.74, 6) is 1.10. The van der Waals surface area contributed by atoms with E-state index in [9.17, 15) is 9.18 Å². The normalized spacial score (nSPS) is 11.8. The number of carbonyl (C=O) groups is 1. The van der Waals surface area contributed by atoms with E-state index in [1.54, 1.807) is 18.2 Å². The molecule has 0 aromatic heterocycles. The summed E-state index contributed by atoms with van der Waals surface area (Å²) < 4.78 is 19.4. The van der Waals surface area contributed by atoms with Crippen molar-refractivity contribution in [2.24, 2.45) is 0 Å². The number of rotatable bonds is 8. The van der Waals surface area contributed by atoms with Crippen molar-refractivity contribution in [2.45, 2.75) is 32.4 Å². The average Bonchev–Trinajstić information content (AvgIpc) is 2.59. The number of hydrogen-bond donors (Lipinski definition) is 1. The summed E-state index contributed by atoms with van der Waals surface area (Å²) in [6.07, 6.45) is 0.843. The molecule has 0 fully saturated rings. The number of halogens is 1. The molecule has 0 aliphatic rings. The smallest absolute Gasteiger partial charge is 0.237 e. The number of thioether (sulfide) groups is 1. The zero-order valence-corrected chi connectivity index (χ0v) is 15.7. The fraction of sp³-hybridized carbons (Fsp3) is 0.350. The van der Waals surface area contributed by atoms with E-state index in [1.165, 1.54) is 23.4 Å². The lowest BCUT2D eigenvalue weighted by Crippen LogP contribution is -2.23. The number of para-hydroxylation sites is 1. The first-order valence-corrected chi connectivity index (χ1v) is 9.39. The Kier molecular flexibility index (Phi) is 7.31. The Labute approximate surface area is 153 Å². The zero-order valence-electron chi connectivity index (χ0n) is 14.8. The van der Waals surface area contributed by atoms with Gasteiger partial charge in [0.1, 0.15) is 11.6 Å². The summed E-state index contributed by atoms with van der Waals surface area (Å²) in [5, 5.41) is 2.37. The van der Waals surface area contributed by atoms with Crippen LogP contribution in [-0.4, -0.2) is 23.5 Å². The van der Waals surface area contributed by atoms with Gasteiger partial charge in [-0.1, -0.05) is 24.3 Å². The first-order chi connectivity index (χ1) is 12.0. The summed E-state index contributed by atoms with van der Waals surface area (Å²) in [4.78, 5) is 12.1. The number of amides is 1. The van der Waals surface area contributed by atoms with Gasteiger partial charge < -0.3 is 10.1 Å². The van der Waals surface area contributed by atoms with E-state index in [1.807, 2.05) is 26.8 Å². The first-order valence-electron chi connectivity index (χ1n) is 8.34. The largest absolute Gasteiger partial charge is 0.493 e. The average molecular weight is 361 g/mol. The van der Waals surface area contributed by atoms with Gasteiger partial charge >= 0.3 is 0 Å². The highest BCUT2D eigenvalue weighted by Gasteiger charge is 2.14. The fourth-order valence-corrected chi connectivity index (χ4v) is 3.08. The maximum Gasteiger partial charge on any atom is 0.237 e. The lowest BCUT2D eigenvalue weighted by Gasteiger charge is -2.13. The third-order valence-electron chi connectivity index (χ3n) is 3.76. The van der Waals surface area contributed by atoms with Crippen molar-refractivity contribution in [3.05, 3.63) is 59.4 Å². The number of carbonyl (C=O) groups excluding carboxylic acids is 1. The SMILES string of the molecule is Cc1ccc(C)c(OCCCSC(C)C(=O)Nc2ccccc2F)c1. The summed E-state index contributed by atoms with van der Waals surface area (Å²) >= 11 is 1.54. The molecule has 0 heterocycles. The molecule has 134 valence electrons. The van der Waals surface area contributed by atoms with Crippen LogP contribution >= 0.6 is 11.8 Å². The zero-order chi connectivity index (χ0) is 18.2. The highest BCUT2D eigenvalue weighted by atomic mass is 32.2. The number of benzene rings is 2. The van der Waals surface area contributed by atoms with Gasteiger partial charge in [0.05, 0.1) is 17.5 Å². The van der Waals surface area contributed by atoms with Crippen molar-refractivity contribution >= 4 is 23.4 Å². The number of nitrogens with one attached hydrogen (secondary N) is 1. The van der Waals surface area contributed by atoms with Crippen LogP contribution in [0.25, 0.3) is 0 Å². The van der Waals surface area contributed by atoms with Crippen LogP contribution in [0.5, 0.6) is 5.75 Å². The second-order valence-electron chi connectivity index (χ2n) is 5.95. The Morgan fingerprint density at radius 2 is 2.00 bits per heavy atom. The van der Waals surface area contributed by atoms with Crippen molar-refractivity contribution in [3.63, 3.8) is 0 Å². The maximum atomic E-state index is 13.5. The molecule has 0 aliphatic carbocycles. The van der Waals surface area contributed by atoms with Crippen molar-refractivity contribution in [2.75, 3.05) is 17.7 Å². The van der Waals surface area contributed by atoms with Gasteiger partial charge in [-0.25, -0.2) is 4.39 Å². The minimum Gasteiger partial charge on any atom is -0.493 e. The summed E-state index contributed by atoms with van der Waals surface area (Å²) in [6, 6.07) is 12.3. The molecule has 0 radical (unpaired) electrons. The summed E-state index contributed by atoms with van der Waals surface area (Å²) in [5.41, 5.74) is 2.52. The Balaban J connectivity index is 1.69. The minimum absolute atomic E-state index is 0.189. The molecular weight excluding hydrogens is 337 g/mol. The van der Waals surface area contributed by atoms with Gasteiger partial charge in [-0.3, -0.25) is 4.79 Å². The molecule has 1 atom stereocenters. The lowest BCUT2D eigenvalue weighted by molar-refractivity contribution is -0.115. The third kappa shape index (κ3) is 6.09. The predicted molar refractivity (Wildman–Crippen MR) is 103 cm³/mol. The fourth-order valence-electron chi connectivity index (χ4n) is 2.24. The number of hydrogen-bond acceptors (Lipinski definition) is 3. The van der Waals surface area contributed by atoms with Crippen LogP contribution in [-0.2, 0) is 4.79 Å². The number of aryl methyl sites for hydroxylation is 2. The monoisotopic (exact) mass is 361 g/mol. The summed E-state index contributed by atoms with van der Waals surface area (Å²) in [6.45, 7) is 6.50. The second kappa shape index (κ2) is 9.47. The molecule has 0 spiro atoms. The molecule has 0 saturated heterocycles. The van der Waals surface area contributed by atoms with Gasteiger partial charge in [0.25, 0.3) is 0 Å². The van der Waals surface area contributed by atoms with Gasteiger partial charge in [0, 0.05) is 0 Å². The van der Waals surface area contributed by atoms with Gasteiger partial charge in [-0.05, 0) is 62.3 Å². The van der Waals surface area contributed by atoms with E-state index < -0.39 is 5.82 Å². The van der Waals surface area contributed by atoms with Crippen LogP contribution in [0.3, 0.4) is 0 Å². The van der Waals surface area contributed by atoms with Crippen LogP contribution in [0.4, 0.5) is 10.1 Å². The van der Waals surface area contributed by atoms with Crippen molar-refractivity contribution in [1.29, 1.82) is 0 Å². The summed E-state index contributed by atoms with van der Waals surface area (Å²) in [7, 11) is 0. The molecule has 2 aromatic rings.